The molecule has 0 aliphatic heterocycles. The Balaban J connectivity index is 1.82. The monoisotopic (exact) mass is 377 g/mol. The number of nitrogens with one attached hydrogen (secondary N) is 3. The van der Waals surface area contributed by atoms with Gasteiger partial charge in [-0.1, -0.05) is 6.08 Å². The number of rotatable bonds is 9. The molecule has 3 N–H and O–H groups in total. The summed E-state index contributed by atoms with van der Waals surface area (Å²) in [6.07, 6.45) is 2.83. The van der Waals surface area contributed by atoms with Crippen LogP contribution in [0, 0.1) is 0 Å². The quantitative estimate of drug-likeness (QED) is 0.443. The number of furan rings is 1. The average molecular weight is 377 g/mol. The van der Waals surface area contributed by atoms with E-state index >= 15 is 0 Å². The predicted octanol–water partition coefficient (Wildman–Crippen LogP) is 0.904. The zero-order chi connectivity index (χ0) is 19.0. The molecule has 2 aromatic rings. The Hall–Kier alpha value is -2.91. The molecule has 2 amide bonds. The van der Waals surface area contributed by atoms with Crippen molar-refractivity contribution in [3.05, 3.63) is 66.6 Å². The van der Waals surface area contributed by atoms with Crippen molar-refractivity contribution in [3.8, 4) is 0 Å². The molecule has 1 aromatic heterocycles. The van der Waals surface area contributed by atoms with Crippen LogP contribution in [-0.4, -0.2) is 39.9 Å². The Bertz CT molecular complexity index is 858. The summed E-state index contributed by atoms with van der Waals surface area (Å²) in [6, 6.07) is 8.66. The van der Waals surface area contributed by atoms with Crippen LogP contribution in [0.25, 0.3) is 0 Å². The van der Waals surface area contributed by atoms with Gasteiger partial charge in [0.05, 0.1) is 11.2 Å². The largest absolute Gasteiger partial charge is 0.459 e. The van der Waals surface area contributed by atoms with Crippen molar-refractivity contribution in [1.82, 2.24) is 15.4 Å². The number of carbonyl (C=O) groups excluding carboxylic acids is 2. The molecule has 0 radical (unpaired) electrons. The lowest BCUT2D eigenvalue weighted by Gasteiger charge is -2.08. The number of benzene rings is 1. The normalized spacial score (nSPS) is 10.9. The second-order valence-corrected chi connectivity index (χ2v) is 6.92. The van der Waals surface area contributed by atoms with Crippen molar-refractivity contribution >= 4 is 21.8 Å². The van der Waals surface area contributed by atoms with E-state index in [0.29, 0.717) is 5.56 Å². The van der Waals surface area contributed by atoms with Crippen molar-refractivity contribution < 1.29 is 22.4 Å². The molecule has 26 heavy (non-hydrogen) atoms. The summed E-state index contributed by atoms with van der Waals surface area (Å²) in [5.41, 5.74) is 0.310. The van der Waals surface area contributed by atoms with E-state index in [4.69, 9.17) is 4.42 Å². The van der Waals surface area contributed by atoms with E-state index in [0.717, 1.165) is 0 Å². The summed E-state index contributed by atoms with van der Waals surface area (Å²) < 4.78 is 31.2. The SMILES string of the molecule is C=CCNS(=O)(=O)c1ccc(C(=O)NCCNC(=O)c2ccco2)cc1. The highest BCUT2D eigenvalue weighted by Crippen LogP contribution is 2.10. The van der Waals surface area contributed by atoms with Crippen LogP contribution >= 0.6 is 0 Å². The summed E-state index contributed by atoms with van der Waals surface area (Å²) in [7, 11) is -3.63. The Labute approximate surface area is 151 Å². The first kappa shape index (κ1) is 19.4. The highest BCUT2D eigenvalue weighted by atomic mass is 32.2. The Morgan fingerprint density at radius 3 is 2.27 bits per heavy atom. The fourth-order valence-corrected chi connectivity index (χ4v) is 2.98. The van der Waals surface area contributed by atoms with Crippen LogP contribution in [0.2, 0.25) is 0 Å². The minimum absolute atomic E-state index is 0.0570. The van der Waals surface area contributed by atoms with Crippen LogP contribution in [0.15, 0.2) is 64.6 Å². The summed E-state index contributed by atoms with van der Waals surface area (Å²) in [5.74, 6) is -0.552. The fourth-order valence-electron chi connectivity index (χ4n) is 1.99. The van der Waals surface area contributed by atoms with Crippen molar-refractivity contribution in [1.29, 1.82) is 0 Å². The molecular formula is C17H19N3O5S. The summed E-state index contributed by atoms with van der Waals surface area (Å²) >= 11 is 0. The van der Waals surface area contributed by atoms with Crippen molar-refractivity contribution in [3.63, 3.8) is 0 Å². The molecule has 0 fully saturated rings. The molecule has 1 aromatic carbocycles. The van der Waals surface area contributed by atoms with E-state index in [1.54, 1.807) is 6.07 Å². The smallest absolute Gasteiger partial charge is 0.287 e. The Morgan fingerprint density at radius 1 is 1.04 bits per heavy atom. The highest BCUT2D eigenvalue weighted by molar-refractivity contribution is 7.89. The van der Waals surface area contributed by atoms with E-state index in [-0.39, 0.29) is 42.1 Å². The van der Waals surface area contributed by atoms with Gasteiger partial charge in [-0.05, 0) is 36.4 Å². The molecule has 0 aliphatic carbocycles. The first-order valence-corrected chi connectivity index (χ1v) is 9.23. The van der Waals surface area contributed by atoms with Crippen LogP contribution < -0.4 is 15.4 Å². The number of hydrogen-bond donors (Lipinski definition) is 3. The van der Waals surface area contributed by atoms with Crippen LogP contribution in [0.4, 0.5) is 0 Å². The van der Waals surface area contributed by atoms with Gasteiger partial charge in [0.1, 0.15) is 0 Å². The molecular weight excluding hydrogens is 358 g/mol. The van der Waals surface area contributed by atoms with Gasteiger partial charge in [-0.3, -0.25) is 9.59 Å². The van der Waals surface area contributed by atoms with E-state index < -0.39 is 10.0 Å². The van der Waals surface area contributed by atoms with Gasteiger partial charge < -0.3 is 15.1 Å². The average Bonchev–Trinajstić information content (AvgIpc) is 3.18. The first-order valence-electron chi connectivity index (χ1n) is 7.74. The molecule has 8 nitrogen and oxygen atoms in total. The van der Waals surface area contributed by atoms with E-state index in [1.165, 1.54) is 42.7 Å². The van der Waals surface area contributed by atoms with E-state index in [1.807, 2.05) is 0 Å². The molecule has 0 atom stereocenters. The number of hydrogen-bond acceptors (Lipinski definition) is 5. The van der Waals surface area contributed by atoms with Gasteiger partial charge in [0.2, 0.25) is 10.0 Å². The van der Waals surface area contributed by atoms with Crippen LogP contribution in [0.1, 0.15) is 20.9 Å². The molecule has 2 rings (SSSR count). The second-order valence-electron chi connectivity index (χ2n) is 5.15. The number of amides is 2. The number of carbonyl (C=O) groups is 2. The molecule has 0 saturated heterocycles. The molecule has 9 heteroatoms. The van der Waals surface area contributed by atoms with Gasteiger partial charge >= 0.3 is 0 Å². The van der Waals surface area contributed by atoms with Crippen molar-refractivity contribution in [2.75, 3.05) is 19.6 Å². The maximum atomic E-state index is 12.0. The van der Waals surface area contributed by atoms with Gasteiger partial charge in [-0.25, -0.2) is 13.1 Å². The molecule has 0 spiro atoms. The van der Waals surface area contributed by atoms with Crippen molar-refractivity contribution in [2.45, 2.75) is 4.90 Å². The van der Waals surface area contributed by atoms with E-state index in [2.05, 4.69) is 21.9 Å². The van der Waals surface area contributed by atoms with E-state index in [9.17, 15) is 18.0 Å². The number of sulfonamides is 1. The Morgan fingerprint density at radius 2 is 1.69 bits per heavy atom. The van der Waals surface area contributed by atoms with Gasteiger partial charge in [0, 0.05) is 25.2 Å². The maximum absolute atomic E-state index is 12.0. The predicted molar refractivity (Wildman–Crippen MR) is 95.2 cm³/mol. The molecule has 0 unspecified atom stereocenters. The molecule has 0 saturated carbocycles. The minimum Gasteiger partial charge on any atom is -0.459 e. The maximum Gasteiger partial charge on any atom is 0.287 e. The van der Waals surface area contributed by atoms with Gasteiger partial charge in [0.25, 0.3) is 11.8 Å². The molecule has 0 bridgehead atoms. The minimum atomic E-state index is -3.63. The lowest BCUT2D eigenvalue weighted by molar-refractivity contribution is 0.0910. The van der Waals surface area contributed by atoms with Gasteiger partial charge in [-0.15, -0.1) is 6.58 Å². The van der Waals surface area contributed by atoms with Gasteiger partial charge in [-0.2, -0.15) is 0 Å². The fraction of sp³-hybridized carbons (Fsp3) is 0.176. The van der Waals surface area contributed by atoms with Gasteiger partial charge in [0.15, 0.2) is 5.76 Å². The summed E-state index contributed by atoms with van der Waals surface area (Å²) in [6.45, 7) is 4.00. The zero-order valence-corrected chi connectivity index (χ0v) is 14.7. The molecule has 138 valence electrons. The summed E-state index contributed by atoms with van der Waals surface area (Å²) in [4.78, 5) is 23.7. The van der Waals surface area contributed by atoms with Crippen LogP contribution in [0.5, 0.6) is 0 Å². The van der Waals surface area contributed by atoms with Crippen molar-refractivity contribution in [2.24, 2.45) is 0 Å². The topological polar surface area (TPSA) is 118 Å². The lowest BCUT2D eigenvalue weighted by Crippen LogP contribution is -2.34. The Kier molecular flexibility index (Phi) is 6.70. The summed E-state index contributed by atoms with van der Waals surface area (Å²) in [5, 5.41) is 5.23. The first-order chi connectivity index (χ1) is 12.4. The third kappa shape index (κ3) is 5.30. The van der Waals surface area contributed by atoms with Crippen LogP contribution in [0.3, 0.4) is 0 Å². The third-order valence-electron chi connectivity index (χ3n) is 3.29. The third-order valence-corrected chi connectivity index (χ3v) is 4.73. The lowest BCUT2D eigenvalue weighted by atomic mass is 10.2. The second kappa shape index (κ2) is 8.97. The molecule has 0 aliphatic rings. The van der Waals surface area contributed by atoms with Crippen LogP contribution in [-0.2, 0) is 10.0 Å². The highest BCUT2D eigenvalue weighted by Gasteiger charge is 2.14. The standard InChI is InChI=1S/C17H19N3O5S/c1-2-9-20-26(23,24)14-7-5-13(6-8-14)16(21)18-10-11-19-17(22)15-4-3-12-25-15/h2-8,12,20H,1,9-11H2,(H,18,21)(H,19,22). The molecule has 1 heterocycles. The zero-order valence-electron chi connectivity index (χ0n) is 13.9.